The molecule has 0 aromatic heterocycles. The fourth-order valence-electron chi connectivity index (χ4n) is 2.11. The van der Waals surface area contributed by atoms with Gasteiger partial charge in [0.15, 0.2) is 10.7 Å². The van der Waals surface area contributed by atoms with Gasteiger partial charge < -0.3 is 8.92 Å². The van der Waals surface area contributed by atoms with Crippen LogP contribution in [0.4, 0.5) is 13.2 Å². The van der Waals surface area contributed by atoms with E-state index in [0.29, 0.717) is 16.9 Å². The average molecular weight is 356 g/mol. The molecule has 0 aliphatic carbocycles. The fourth-order valence-corrected chi connectivity index (χ4v) is 3.88. The standard InChI is InChI=1S/C13H15F3O4S2/c1-6-7(2)11-10(19-12(4,5)21-11)8(3)9(6)20-22(17,18)13(14,15)16/h1-5H3. The Balaban J connectivity index is 2.60. The summed E-state index contributed by atoms with van der Waals surface area (Å²) in [5, 5.41) is 0. The first-order valence-electron chi connectivity index (χ1n) is 6.29. The Morgan fingerprint density at radius 3 is 2.14 bits per heavy atom. The van der Waals surface area contributed by atoms with Gasteiger partial charge in [-0.3, -0.25) is 0 Å². The van der Waals surface area contributed by atoms with Gasteiger partial charge in [0, 0.05) is 5.56 Å². The van der Waals surface area contributed by atoms with E-state index in [-0.39, 0.29) is 11.3 Å². The van der Waals surface area contributed by atoms with E-state index in [2.05, 4.69) is 4.18 Å². The van der Waals surface area contributed by atoms with Crippen molar-refractivity contribution in [1.82, 2.24) is 0 Å². The molecule has 0 radical (unpaired) electrons. The molecule has 4 nitrogen and oxygen atoms in total. The van der Waals surface area contributed by atoms with Crippen LogP contribution in [0, 0.1) is 20.8 Å². The summed E-state index contributed by atoms with van der Waals surface area (Å²) < 4.78 is 70.2. The molecule has 0 spiro atoms. The van der Waals surface area contributed by atoms with Gasteiger partial charge in [-0.1, -0.05) is 11.8 Å². The summed E-state index contributed by atoms with van der Waals surface area (Å²) in [4.78, 5) is 0.211. The first-order valence-corrected chi connectivity index (χ1v) is 8.52. The molecule has 1 aromatic carbocycles. The number of benzene rings is 1. The van der Waals surface area contributed by atoms with Crippen LogP contribution in [0.2, 0.25) is 0 Å². The van der Waals surface area contributed by atoms with Crippen molar-refractivity contribution < 1.29 is 30.5 Å². The molecular weight excluding hydrogens is 341 g/mol. The summed E-state index contributed by atoms with van der Waals surface area (Å²) in [6.45, 7) is 8.33. The summed E-state index contributed by atoms with van der Waals surface area (Å²) in [5.74, 6) is 0.0392. The third kappa shape index (κ3) is 2.76. The lowest BCUT2D eigenvalue weighted by Gasteiger charge is -2.18. The zero-order valence-electron chi connectivity index (χ0n) is 12.6. The Bertz CT molecular complexity index is 737. The predicted molar refractivity (Wildman–Crippen MR) is 76.8 cm³/mol. The van der Waals surface area contributed by atoms with Crippen LogP contribution in [-0.4, -0.2) is 18.9 Å². The number of fused-ring (bicyclic) bond motifs is 1. The van der Waals surface area contributed by atoms with E-state index in [0.717, 1.165) is 4.90 Å². The second-order valence-corrected chi connectivity index (χ2v) is 8.58. The highest BCUT2D eigenvalue weighted by molar-refractivity contribution is 8.00. The van der Waals surface area contributed by atoms with Crippen LogP contribution in [0.5, 0.6) is 11.5 Å². The topological polar surface area (TPSA) is 52.6 Å². The van der Waals surface area contributed by atoms with Crippen LogP contribution < -0.4 is 8.92 Å². The molecule has 0 amide bonds. The van der Waals surface area contributed by atoms with Crippen LogP contribution in [0.15, 0.2) is 4.90 Å². The molecule has 0 unspecified atom stereocenters. The molecular formula is C13H15F3O4S2. The average Bonchev–Trinajstić information content (AvgIpc) is 2.67. The summed E-state index contributed by atoms with van der Waals surface area (Å²) in [6, 6.07) is 0. The summed E-state index contributed by atoms with van der Waals surface area (Å²) >= 11 is 1.43. The van der Waals surface area contributed by atoms with Crippen molar-refractivity contribution in [2.75, 3.05) is 0 Å². The van der Waals surface area contributed by atoms with Crippen LogP contribution in [0.25, 0.3) is 0 Å². The fraction of sp³-hybridized carbons (Fsp3) is 0.538. The molecule has 1 heterocycles. The quantitative estimate of drug-likeness (QED) is 0.591. The number of hydrogen-bond acceptors (Lipinski definition) is 5. The van der Waals surface area contributed by atoms with Crippen molar-refractivity contribution in [2.24, 2.45) is 0 Å². The van der Waals surface area contributed by atoms with Crippen LogP contribution in [-0.2, 0) is 10.1 Å². The van der Waals surface area contributed by atoms with Crippen LogP contribution >= 0.6 is 11.8 Å². The van der Waals surface area contributed by atoms with Gasteiger partial charge in [0.2, 0.25) is 0 Å². The number of ether oxygens (including phenoxy) is 1. The normalized spacial score (nSPS) is 17.1. The van der Waals surface area contributed by atoms with Gasteiger partial charge >= 0.3 is 15.6 Å². The van der Waals surface area contributed by atoms with E-state index in [1.54, 1.807) is 6.92 Å². The van der Waals surface area contributed by atoms with E-state index in [1.165, 1.54) is 25.6 Å². The minimum absolute atomic E-state index is 0.240. The zero-order valence-corrected chi connectivity index (χ0v) is 14.2. The van der Waals surface area contributed by atoms with Gasteiger partial charge in [0.1, 0.15) is 5.75 Å². The van der Waals surface area contributed by atoms with Crippen molar-refractivity contribution in [3.05, 3.63) is 16.7 Å². The monoisotopic (exact) mass is 356 g/mol. The Labute approximate surface area is 131 Å². The maximum absolute atomic E-state index is 12.5. The number of rotatable bonds is 2. The first kappa shape index (κ1) is 17.3. The van der Waals surface area contributed by atoms with E-state index in [9.17, 15) is 21.6 Å². The second-order valence-electron chi connectivity index (χ2n) is 5.45. The maximum Gasteiger partial charge on any atom is 0.534 e. The molecule has 1 aliphatic heterocycles. The molecule has 0 saturated heterocycles. The molecule has 9 heteroatoms. The Kier molecular flexibility index (Phi) is 3.89. The second kappa shape index (κ2) is 4.95. The van der Waals surface area contributed by atoms with Gasteiger partial charge in [0.25, 0.3) is 0 Å². The Hall–Kier alpha value is -1.09. The minimum atomic E-state index is -5.72. The lowest BCUT2D eigenvalue weighted by atomic mass is 10.0. The molecule has 0 atom stereocenters. The molecule has 0 saturated carbocycles. The third-order valence-corrected chi connectivity index (χ3v) is 5.53. The van der Waals surface area contributed by atoms with Crippen molar-refractivity contribution in [2.45, 2.75) is 50.0 Å². The first-order chi connectivity index (χ1) is 9.77. The Morgan fingerprint density at radius 1 is 1.09 bits per heavy atom. The molecule has 22 heavy (non-hydrogen) atoms. The van der Waals surface area contributed by atoms with Crippen molar-refractivity contribution >= 4 is 21.9 Å². The summed E-state index contributed by atoms with van der Waals surface area (Å²) in [5.41, 5.74) is -4.25. The minimum Gasteiger partial charge on any atom is -0.475 e. The number of alkyl halides is 3. The number of halogens is 3. The van der Waals surface area contributed by atoms with Gasteiger partial charge in [-0.25, -0.2) is 0 Å². The molecule has 0 N–H and O–H groups in total. The highest BCUT2D eigenvalue weighted by Crippen LogP contribution is 2.54. The van der Waals surface area contributed by atoms with E-state index < -0.39 is 20.6 Å². The summed E-state index contributed by atoms with van der Waals surface area (Å²) in [7, 11) is -5.72. The van der Waals surface area contributed by atoms with Gasteiger partial charge in [-0.15, -0.1) is 0 Å². The van der Waals surface area contributed by atoms with Gasteiger partial charge in [-0.05, 0) is 45.7 Å². The molecule has 0 fully saturated rings. The van der Waals surface area contributed by atoms with Crippen molar-refractivity contribution in [3.8, 4) is 11.5 Å². The molecule has 2 rings (SSSR count). The SMILES string of the molecule is Cc1c(C)c2c(c(C)c1OS(=O)(=O)C(F)(F)F)OC(C)(C)S2. The zero-order chi connectivity index (χ0) is 17.1. The van der Waals surface area contributed by atoms with Crippen LogP contribution in [0.1, 0.15) is 30.5 Å². The molecule has 1 aromatic rings. The molecule has 1 aliphatic rings. The highest BCUT2D eigenvalue weighted by atomic mass is 32.2. The lowest BCUT2D eigenvalue weighted by molar-refractivity contribution is -0.0500. The Morgan fingerprint density at radius 2 is 1.64 bits per heavy atom. The third-order valence-electron chi connectivity index (χ3n) is 3.30. The smallest absolute Gasteiger partial charge is 0.475 e. The van der Waals surface area contributed by atoms with Crippen molar-refractivity contribution in [1.29, 1.82) is 0 Å². The predicted octanol–water partition coefficient (Wildman–Crippen LogP) is 4.06. The van der Waals surface area contributed by atoms with E-state index in [4.69, 9.17) is 4.74 Å². The maximum atomic E-state index is 12.5. The lowest BCUT2D eigenvalue weighted by Crippen LogP contribution is -2.28. The number of hydrogen-bond donors (Lipinski definition) is 0. The number of thioether (sulfide) groups is 1. The molecule has 124 valence electrons. The van der Waals surface area contributed by atoms with Crippen molar-refractivity contribution in [3.63, 3.8) is 0 Å². The van der Waals surface area contributed by atoms with E-state index in [1.807, 2.05) is 13.8 Å². The molecule has 0 bridgehead atoms. The van der Waals surface area contributed by atoms with Gasteiger partial charge in [-0.2, -0.15) is 21.6 Å². The van der Waals surface area contributed by atoms with Gasteiger partial charge in [0.05, 0.1) is 4.90 Å². The highest BCUT2D eigenvalue weighted by Gasteiger charge is 2.49. The largest absolute Gasteiger partial charge is 0.534 e. The van der Waals surface area contributed by atoms with Crippen LogP contribution in [0.3, 0.4) is 0 Å². The van der Waals surface area contributed by atoms with E-state index >= 15 is 0 Å². The summed E-state index contributed by atoms with van der Waals surface area (Å²) in [6.07, 6.45) is 0.